The molecule has 7 saturated carbocycles. The average Bonchev–Trinajstić information content (AvgIpc) is 3.45. The Balaban J connectivity index is 0.840. The summed E-state index contributed by atoms with van der Waals surface area (Å²) in [6.45, 7) is 0.725. The Hall–Kier alpha value is -3.22. The van der Waals surface area contributed by atoms with E-state index in [2.05, 4.69) is 34.3 Å². The van der Waals surface area contributed by atoms with Crippen molar-refractivity contribution in [1.82, 2.24) is 4.90 Å². The van der Waals surface area contributed by atoms with Gasteiger partial charge in [-0.2, -0.15) is 35.1 Å². The number of hydrogen-bond donors (Lipinski definition) is 0. The number of methoxy groups -OCH3 is 1. The van der Waals surface area contributed by atoms with Gasteiger partial charge in [0.1, 0.15) is 18.3 Å². The molecule has 0 radical (unpaired) electrons. The summed E-state index contributed by atoms with van der Waals surface area (Å²) in [6.07, 6.45) is 23.6. The first kappa shape index (κ1) is 61.4. The Morgan fingerprint density at radius 2 is 0.766 bits per heavy atom. The smallest absolute Gasteiger partial charge is 0.463 e. The second-order valence-electron chi connectivity index (χ2n) is 24.5. The van der Waals surface area contributed by atoms with E-state index in [1.807, 2.05) is 0 Å². The molecule has 0 saturated heterocycles. The molecule has 0 amide bonds. The highest BCUT2D eigenvalue weighted by molar-refractivity contribution is 5.73. The number of nitrogens with zero attached hydrogens (tertiary/aromatic N) is 1. The molecule has 0 aromatic carbocycles. The van der Waals surface area contributed by atoms with Gasteiger partial charge in [-0.25, -0.2) is 4.79 Å². The lowest BCUT2D eigenvalue weighted by Gasteiger charge is -2.49. The van der Waals surface area contributed by atoms with E-state index in [0.717, 1.165) is 69.4 Å². The van der Waals surface area contributed by atoms with Crippen LogP contribution in [0.5, 0.6) is 0 Å². The molecule has 7 fully saturated rings. The van der Waals surface area contributed by atoms with Crippen LogP contribution < -0.4 is 0 Å². The van der Waals surface area contributed by atoms with E-state index in [9.17, 15) is 54.3 Å². The minimum Gasteiger partial charge on any atom is -0.463 e. The van der Waals surface area contributed by atoms with Gasteiger partial charge >= 0.3 is 47.8 Å². The first-order valence-electron chi connectivity index (χ1n) is 29.4. The topological polar surface area (TPSA) is 127 Å². The van der Waals surface area contributed by atoms with Crippen LogP contribution in [0.1, 0.15) is 201 Å². The van der Waals surface area contributed by atoms with Crippen LogP contribution in [-0.2, 0) is 42.8 Å². The van der Waals surface area contributed by atoms with Gasteiger partial charge in [-0.05, 0) is 209 Å². The summed E-state index contributed by atoms with van der Waals surface area (Å²) in [5.74, 6) is -28.0. The second-order valence-corrected chi connectivity index (χ2v) is 24.5. The lowest BCUT2D eigenvalue weighted by atomic mass is 9.70. The Labute approximate surface area is 450 Å². The van der Waals surface area contributed by atoms with Gasteiger partial charge in [-0.15, -0.1) is 0 Å². The van der Waals surface area contributed by atoms with Gasteiger partial charge in [0.25, 0.3) is 0 Å². The first-order valence-corrected chi connectivity index (χ1v) is 29.4. The molecule has 0 unspecified atom stereocenters. The zero-order valence-electron chi connectivity index (χ0n) is 45.9. The normalized spacial score (nSPS) is 34.4. The van der Waals surface area contributed by atoms with Crippen LogP contribution in [0.2, 0.25) is 0 Å². The van der Waals surface area contributed by atoms with Crippen LogP contribution >= 0.6 is 0 Å². The lowest BCUT2D eigenvalue weighted by Crippen LogP contribution is -2.64. The monoisotopic (exact) mass is 1110 g/mol. The number of halogens is 8. The number of carbonyl (C=O) groups excluding carboxylic acids is 4. The summed E-state index contributed by atoms with van der Waals surface area (Å²) in [5.41, 5.74) is 1.58. The van der Waals surface area contributed by atoms with Crippen LogP contribution in [0.25, 0.3) is 0 Å². The molecule has 7 aliphatic rings. The summed E-state index contributed by atoms with van der Waals surface area (Å²) in [6, 6.07) is 2.11. The molecule has 0 spiro atoms. The van der Waals surface area contributed by atoms with Gasteiger partial charge in [0.2, 0.25) is 0 Å². The molecule has 440 valence electrons. The highest BCUT2D eigenvalue weighted by atomic mass is 19.4. The number of esters is 3. The molecule has 0 aromatic rings. The van der Waals surface area contributed by atoms with Gasteiger partial charge in [0.15, 0.2) is 13.2 Å². The molecule has 77 heavy (non-hydrogen) atoms. The fourth-order valence-corrected chi connectivity index (χ4v) is 14.1. The quantitative estimate of drug-likeness (QED) is 0.0531. The molecule has 0 aromatic heterocycles. The summed E-state index contributed by atoms with van der Waals surface area (Å²) in [5, 5.41) is 0. The van der Waals surface area contributed by atoms with E-state index in [4.69, 9.17) is 18.9 Å². The largest absolute Gasteiger partial charge is 0.508 e. The second kappa shape index (κ2) is 27.0. The van der Waals surface area contributed by atoms with Gasteiger partial charge in [0.05, 0.1) is 17.9 Å². The molecule has 0 N–H and O–H groups in total. The summed E-state index contributed by atoms with van der Waals surface area (Å²) in [4.78, 5) is 52.3. The Morgan fingerprint density at radius 3 is 1.12 bits per heavy atom. The molecule has 7 aliphatic carbocycles. The van der Waals surface area contributed by atoms with Gasteiger partial charge in [-0.1, -0.05) is 25.5 Å². The molecule has 19 heteroatoms. The fraction of sp³-hybridized carbons (Fsp3) is 0.897. The minimum atomic E-state index is -6.76. The molecule has 0 atom stereocenters. The van der Waals surface area contributed by atoms with E-state index < -0.39 is 85.0 Å². The number of rotatable bonds is 19. The SMILES string of the molecule is COC1CCC(C(=CC2CCC(N(C3CCC(C)CC3)C3CCC(C)CC3)CC2)C2CCC(OC(=O)OC3CCC(C(=O)OCC(F)(F)C(F)(F)C(F)(F)C(F)(F)COC(=O)C4CCC(OC(C)=O)CC4)CC3)CC2)CC1. The maximum Gasteiger partial charge on any atom is 0.508 e. The van der Waals surface area contributed by atoms with E-state index in [1.54, 1.807) is 12.7 Å². The van der Waals surface area contributed by atoms with E-state index in [-0.39, 0.29) is 57.5 Å². The molecular weight excluding hydrogens is 1020 g/mol. The fourth-order valence-electron chi connectivity index (χ4n) is 14.1. The van der Waals surface area contributed by atoms with Crippen molar-refractivity contribution in [3.63, 3.8) is 0 Å². The standard InChI is InChI=1S/C58H87F8NO10/c1-36-5-19-44(20-6-36)67(45-21-7-37(2)8-22-45)46-23-9-39(10-24-46)33-51(40-11-25-47(72-4)26-12-40)41-13-27-49(28-14-41)76-54(71)77-50-31-17-43(18-32-50)53(70)74-35-56(61,62)58(65,66)57(63,64)55(59,60)34-73-52(69)42-15-29-48(30-16-42)75-38(3)68/h33,36-37,39-50H,5-32,34-35H2,1-4H3. The van der Waals surface area contributed by atoms with E-state index in [1.165, 1.54) is 77.0 Å². The number of ether oxygens (including phenoxy) is 6. The Kier molecular flexibility index (Phi) is 21.6. The predicted molar refractivity (Wildman–Crippen MR) is 270 cm³/mol. The van der Waals surface area contributed by atoms with Crippen molar-refractivity contribution < 1.29 is 82.7 Å². The Morgan fingerprint density at radius 1 is 0.442 bits per heavy atom. The number of carbonyl (C=O) groups is 4. The highest BCUT2D eigenvalue weighted by Crippen LogP contribution is 2.53. The third kappa shape index (κ3) is 15.8. The maximum atomic E-state index is 14.7. The summed E-state index contributed by atoms with van der Waals surface area (Å²) < 4.78 is 148. The van der Waals surface area contributed by atoms with Crippen molar-refractivity contribution in [2.45, 2.75) is 267 Å². The van der Waals surface area contributed by atoms with Crippen LogP contribution in [0.15, 0.2) is 11.6 Å². The third-order valence-corrected chi connectivity index (χ3v) is 19.0. The lowest BCUT2D eigenvalue weighted by molar-refractivity contribution is -0.374. The Bertz CT molecular complexity index is 1910. The maximum absolute atomic E-state index is 14.7. The van der Waals surface area contributed by atoms with Gasteiger partial charge in [-0.3, -0.25) is 19.3 Å². The van der Waals surface area contributed by atoms with Crippen LogP contribution in [-0.4, -0.2) is 116 Å². The number of alkyl halides is 8. The van der Waals surface area contributed by atoms with Crippen molar-refractivity contribution in [3.8, 4) is 0 Å². The molecule has 11 nitrogen and oxygen atoms in total. The molecule has 0 aliphatic heterocycles. The predicted octanol–water partition coefficient (Wildman–Crippen LogP) is 14.2. The molecule has 0 bridgehead atoms. The molecule has 0 heterocycles. The van der Waals surface area contributed by atoms with Gasteiger partial charge in [0, 0.05) is 32.2 Å². The zero-order chi connectivity index (χ0) is 55.7. The van der Waals surface area contributed by atoms with Crippen molar-refractivity contribution in [2.75, 3.05) is 20.3 Å². The minimum absolute atomic E-state index is 0.0452. The average molecular weight is 1110 g/mol. The van der Waals surface area contributed by atoms with Crippen LogP contribution in [0.3, 0.4) is 0 Å². The summed E-state index contributed by atoms with van der Waals surface area (Å²) >= 11 is 0. The number of allylic oxidation sites excluding steroid dienone is 2. The van der Waals surface area contributed by atoms with Crippen molar-refractivity contribution in [3.05, 3.63) is 11.6 Å². The van der Waals surface area contributed by atoms with Crippen LogP contribution in [0, 0.1) is 41.4 Å². The van der Waals surface area contributed by atoms with Crippen molar-refractivity contribution >= 4 is 24.1 Å². The van der Waals surface area contributed by atoms with E-state index in [0.29, 0.717) is 42.7 Å². The molecular formula is C58H87F8NO10. The van der Waals surface area contributed by atoms with Crippen LogP contribution in [0.4, 0.5) is 39.9 Å². The van der Waals surface area contributed by atoms with Crippen molar-refractivity contribution in [2.24, 2.45) is 41.4 Å². The zero-order valence-corrected chi connectivity index (χ0v) is 45.9. The third-order valence-electron chi connectivity index (χ3n) is 19.0. The highest BCUT2D eigenvalue weighted by Gasteiger charge is 2.81. The van der Waals surface area contributed by atoms with Gasteiger partial charge < -0.3 is 28.4 Å². The van der Waals surface area contributed by atoms with Crippen molar-refractivity contribution in [1.29, 1.82) is 0 Å². The number of hydrogen-bond acceptors (Lipinski definition) is 11. The summed E-state index contributed by atoms with van der Waals surface area (Å²) in [7, 11) is 1.80. The molecule has 7 rings (SSSR count). The van der Waals surface area contributed by atoms with E-state index >= 15 is 0 Å². The first-order chi connectivity index (χ1) is 36.5.